The minimum atomic E-state index is -0.321. The molecule has 3 heterocycles. The molecular formula is C20H25N5O3. The number of imidazole rings is 1. The van der Waals surface area contributed by atoms with Gasteiger partial charge in [-0.15, -0.1) is 0 Å². The predicted octanol–water partition coefficient (Wildman–Crippen LogP) is 2.10. The Labute approximate surface area is 162 Å². The SMILES string of the molecule is CCCn1c(=O)c2c(nc3n2CC(C)CN3c2ccc(OC)cc2)n(C)c1=O. The van der Waals surface area contributed by atoms with E-state index in [2.05, 4.69) is 11.8 Å². The highest BCUT2D eigenvalue weighted by Gasteiger charge is 2.29. The largest absolute Gasteiger partial charge is 0.497 e. The number of fused-ring (bicyclic) bond motifs is 3. The molecule has 3 aromatic rings. The average molecular weight is 383 g/mol. The van der Waals surface area contributed by atoms with Crippen LogP contribution in [0.4, 0.5) is 11.6 Å². The Bertz CT molecular complexity index is 1140. The summed E-state index contributed by atoms with van der Waals surface area (Å²) in [6.07, 6.45) is 0.718. The maximum Gasteiger partial charge on any atom is 0.332 e. The van der Waals surface area contributed by atoms with Gasteiger partial charge in [0.05, 0.1) is 7.11 Å². The van der Waals surface area contributed by atoms with Gasteiger partial charge in [-0.2, -0.15) is 4.98 Å². The molecule has 0 amide bonds. The normalized spacial score (nSPS) is 16.4. The Balaban J connectivity index is 1.96. The zero-order valence-electron chi connectivity index (χ0n) is 16.7. The molecule has 0 aliphatic carbocycles. The van der Waals surface area contributed by atoms with Gasteiger partial charge in [0.1, 0.15) is 5.75 Å². The Hall–Kier alpha value is -3.03. The van der Waals surface area contributed by atoms with E-state index in [1.807, 2.05) is 35.8 Å². The third kappa shape index (κ3) is 2.71. The fraction of sp³-hybridized carbons (Fsp3) is 0.450. The second-order valence-corrected chi connectivity index (χ2v) is 7.41. The lowest BCUT2D eigenvalue weighted by atomic mass is 10.1. The molecule has 1 unspecified atom stereocenters. The van der Waals surface area contributed by atoms with E-state index in [0.29, 0.717) is 36.1 Å². The average Bonchev–Trinajstić information content (AvgIpc) is 3.08. The molecule has 8 heteroatoms. The summed E-state index contributed by atoms with van der Waals surface area (Å²) in [5.74, 6) is 1.80. The van der Waals surface area contributed by atoms with Crippen LogP contribution in [0.5, 0.6) is 5.75 Å². The van der Waals surface area contributed by atoms with Gasteiger partial charge in [0.2, 0.25) is 5.95 Å². The molecule has 28 heavy (non-hydrogen) atoms. The van der Waals surface area contributed by atoms with Crippen LogP contribution in [0.15, 0.2) is 33.9 Å². The maximum absolute atomic E-state index is 13.1. The van der Waals surface area contributed by atoms with Crippen molar-refractivity contribution in [2.75, 3.05) is 18.6 Å². The van der Waals surface area contributed by atoms with Crippen molar-refractivity contribution >= 4 is 22.8 Å². The molecule has 0 saturated carbocycles. The van der Waals surface area contributed by atoms with Crippen molar-refractivity contribution in [2.45, 2.75) is 33.4 Å². The lowest BCUT2D eigenvalue weighted by Gasteiger charge is -2.33. The number of hydrogen-bond acceptors (Lipinski definition) is 5. The maximum atomic E-state index is 13.1. The van der Waals surface area contributed by atoms with Crippen LogP contribution >= 0.6 is 0 Å². The molecule has 1 aliphatic rings. The summed E-state index contributed by atoms with van der Waals surface area (Å²) in [5, 5.41) is 0. The van der Waals surface area contributed by atoms with Crippen LogP contribution in [0.2, 0.25) is 0 Å². The third-order valence-electron chi connectivity index (χ3n) is 5.27. The number of methoxy groups -OCH3 is 1. The first kappa shape index (κ1) is 18.3. The summed E-state index contributed by atoms with van der Waals surface area (Å²) < 4.78 is 10.0. The van der Waals surface area contributed by atoms with Crippen molar-refractivity contribution in [1.29, 1.82) is 0 Å². The molecule has 2 aromatic heterocycles. The number of hydrogen-bond donors (Lipinski definition) is 0. The molecule has 4 rings (SSSR count). The second kappa shape index (κ2) is 6.85. The van der Waals surface area contributed by atoms with Gasteiger partial charge in [0.15, 0.2) is 11.2 Å². The summed E-state index contributed by atoms with van der Waals surface area (Å²) in [7, 11) is 3.32. The monoisotopic (exact) mass is 383 g/mol. The van der Waals surface area contributed by atoms with E-state index in [0.717, 1.165) is 24.4 Å². The molecule has 148 valence electrons. The molecule has 0 N–H and O–H groups in total. The van der Waals surface area contributed by atoms with Crippen molar-refractivity contribution in [3.05, 3.63) is 45.1 Å². The molecule has 0 spiro atoms. The highest BCUT2D eigenvalue weighted by Crippen LogP contribution is 2.33. The van der Waals surface area contributed by atoms with Gasteiger partial charge in [-0.25, -0.2) is 4.79 Å². The summed E-state index contributed by atoms with van der Waals surface area (Å²) in [5.41, 5.74) is 1.32. The molecule has 0 bridgehead atoms. The minimum Gasteiger partial charge on any atom is -0.497 e. The Morgan fingerprint density at radius 3 is 2.54 bits per heavy atom. The molecule has 0 radical (unpaired) electrons. The zero-order valence-corrected chi connectivity index (χ0v) is 16.7. The van der Waals surface area contributed by atoms with E-state index in [1.54, 1.807) is 14.2 Å². The molecule has 0 fully saturated rings. The van der Waals surface area contributed by atoms with Crippen molar-refractivity contribution in [3.63, 3.8) is 0 Å². The van der Waals surface area contributed by atoms with Gasteiger partial charge in [-0.05, 0) is 36.6 Å². The van der Waals surface area contributed by atoms with Crippen LogP contribution in [-0.2, 0) is 20.1 Å². The number of anilines is 2. The lowest BCUT2D eigenvalue weighted by molar-refractivity contribution is 0.414. The van der Waals surface area contributed by atoms with Gasteiger partial charge in [-0.1, -0.05) is 13.8 Å². The summed E-state index contributed by atoms with van der Waals surface area (Å²) in [4.78, 5) is 32.6. The van der Waals surface area contributed by atoms with Crippen LogP contribution in [0, 0.1) is 5.92 Å². The lowest BCUT2D eigenvalue weighted by Crippen LogP contribution is -2.40. The molecule has 8 nitrogen and oxygen atoms in total. The smallest absolute Gasteiger partial charge is 0.332 e. The molecule has 0 saturated heterocycles. The van der Waals surface area contributed by atoms with E-state index in [-0.39, 0.29) is 11.2 Å². The van der Waals surface area contributed by atoms with Crippen molar-refractivity contribution in [3.8, 4) is 5.75 Å². The topological polar surface area (TPSA) is 74.3 Å². The van der Waals surface area contributed by atoms with Gasteiger partial charge in [0, 0.05) is 32.4 Å². The van der Waals surface area contributed by atoms with E-state index < -0.39 is 0 Å². The highest BCUT2D eigenvalue weighted by atomic mass is 16.5. The van der Waals surface area contributed by atoms with Gasteiger partial charge in [-0.3, -0.25) is 13.9 Å². The van der Waals surface area contributed by atoms with E-state index in [1.165, 1.54) is 9.13 Å². The van der Waals surface area contributed by atoms with E-state index in [9.17, 15) is 9.59 Å². The zero-order chi connectivity index (χ0) is 20.0. The first-order chi connectivity index (χ1) is 13.5. The van der Waals surface area contributed by atoms with Gasteiger partial charge < -0.3 is 14.2 Å². The van der Waals surface area contributed by atoms with Crippen LogP contribution in [-0.4, -0.2) is 32.3 Å². The Morgan fingerprint density at radius 2 is 1.89 bits per heavy atom. The first-order valence-electron chi connectivity index (χ1n) is 9.57. The van der Waals surface area contributed by atoms with Crippen molar-refractivity contribution < 1.29 is 4.74 Å². The predicted molar refractivity (Wildman–Crippen MR) is 109 cm³/mol. The molecule has 1 aliphatic heterocycles. The number of nitrogens with zero attached hydrogens (tertiary/aromatic N) is 5. The Kier molecular flexibility index (Phi) is 4.49. The number of aryl methyl sites for hydroxylation is 1. The van der Waals surface area contributed by atoms with Crippen LogP contribution in [0.3, 0.4) is 0 Å². The molecular weight excluding hydrogens is 358 g/mol. The molecule has 1 atom stereocenters. The van der Waals surface area contributed by atoms with Crippen LogP contribution in [0.1, 0.15) is 20.3 Å². The second-order valence-electron chi connectivity index (χ2n) is 7.41. The summed E-state index contributed by atoms with van der Waals surface area (Å²) in [6, 6.07) is 7.78. The third-order valence-corrected chi connectivity index (χ3v) is 5.27. The number of aromatic nitrogens is 4. The number of ether oxygens (including phenoxy) is 1. The Morgan fingerprint density at radius 1 is 1.18 bits per heavy atom. The first-order valence-corrected chi connectivity index (χ1v) is 9.57. The van der Waals surface area contributed by atoms with E-state index >= 15 is 0 Å². The minimum absolute atomic E-state index is 0.262. The number of benzene rings is 1. The number of rotatable bonds is 4. The van der Waals surface area contributed by atoms with Crippen molar-refractivity contribution in [2.24, 2.45) is 13.0 Å². The molecule has 1 aromatic carbocycles. The van der Waals surface area contributed by atoms with Gasteiger partial charge >= 0.3 is 5.69 Å². The standard InChI is InChI=1S/C20H25N5O3/c1-5-10-23-18(26)16-17(22(3)20(23)27)21-19-24(11-13(2)12-25(16)19)14-6-8-15(28-4)9-7-14/h6-9,13H,5,10-12H2,1-4H3. The van der Waals surface area contributed by atoms with Crippen LogP contribution in [0.25, 0.3) is 11.2 Å². The van der Waals surface area contributed by atoms with Crippen LogP contribution < -0.4 is 20.9 Å². The highest BCUT2D eigenvalue weighted by molar-refractivity contribution is 5.77. The quantitative estimate of drug-likeness (QED) is 0.690. The van der Waals surface area contributed by atoms with E-state index in [4.69, 9.17) is 9.72 Å². The van der Waals surface area contributed by atoms with Gasteiger partial charge in [0.25, 0.3) is 5.56 Å². The fourth-order valence-corrected chi connectivity index (χ4v) is 3.91. The summed E-state index contributed by atoms with van der Waals surface area (Å²) in [6.45, 7) is 5.98. The van der Waals surface area contributed by atoms with Crippen molar-refractivity contribution in [1.82, 2.24) is 18.7 Å². The summed E-state index contributed by atoms with van der Waals surface area (Å²) >= 11 is 0. The fourth-order valence-electron chi connectivity index (χ4n) is 3.91.